The van der Waals surface area contributed by atoms with Gasteiger partial charge in [0.2, 0.25) is 11.9 Å². The van der Waals surface area contributed by atoms with Crippen molar-refractivity contribution < 1.29 is 4.79 Å². The first-order valence-corrected chi connectivity index (χ1v) is 11.0. The largest absolute Gasteiger partial charge is 0.352 e. The van der Waals surface area contributed by atoms with Crippen LogP contribution >= 0.6 is 15.9 Å². The first-order chi connectivity index (χ1) is 14.6. The number of benzene rings is 2. The van der Waals surface area contributed by atoms with Crippen molar-refractivity contribution >= 4 is 27.8 Å². The van der Waals surface area contributed by atoms with Crippen LogP contribution in [0.2, 0.25) is 0 Å². The number of carbonyl (C=O) groups excluding carboxylic acids is 1. The van der Waals surface area contributed by atoms with E-state index in [4.69, 9.17) is 0 Å². The molecule has 154 valence electrons. The number of piperidine rings is 1. The molecule has 1 fully saturated rings. The van der Waals surface area contributed by atoms with Gasteiger partial charge in [-0.2, -0.15) is 0 Å². The summed E-state index contributed by atoms with van der Waals surface area (Å²) < 4.78 is 1.04. The Bertz CT molecular complexity index is 987. The normalized spacial score (nSPS) is 16.3. The van der Waals surface area contributed by atoms with Gasteiger partial charge in [-0.1, -0.05) is 57.9 Å². The number of aromatic nitrogens is 2. The smallest absolute Gasteiger partial charge is 0.225 e. The van der Waals surface area contributed by atoms with Crippen LogP contribution in [0.3, 0.4) is 0 Å². The maximum Gasteiger partial charge on any atom is 0.225 e. The second-order valence-corrected chi connectivity index (χ2v) is 8.68. The lowest BCUT2D eigenvalue weighted by atomic mass is 9.97. The minimum absolute atomic E-state index is 0.0467. The van der Waals surface area contributed by atoms with Crippen LogP contribution < -0.4 is 10.2 Å². The molecule has 0 saturated carbocycles. The van der Waals surface area contributed by atoms with E-state index in [2.05, 4.69) is 67.3 Å². The zero-order valence-corrected chi connectivity index (χ0v) is 18.6. The van der Waals surface area contributed by atoms with E-state index < -0.39 is 0 Å². The third kappa shape index (κ3) is 5.05. The van der Waals surface area contributed by atoms with Gasteiger partial charge in [-0.15, -0.1) is 0 Å². The Morgan fingerprint density at radius 1 is 1.07 bits per heavy atom. The van der Waals surface area contributed by atoms with Crippen LogP contribution in [0.4, 0.5) is 5.95 Å². The van der Waals surface area contributed by atoms with E-state index in [9.17, 15) is 4.79 Å². The van der Waals surface area contributed by atoms with Gasteiger partial charge in [0.15, 0.2) is 0 Å². The molecule has 5 nitrogen and oxygen atoms in total. The van der Waals surface area contributed by atoms with Gasteiger partial charge in [0.05, 0.1) is 5.92 Å². The fourth-order valence-corrected chi connectivity index (χ4v) is 3.95. The van der Waals surface area contributed by atoms with E-state index >= 15 is 0 Å². The second-order valence-electron chi connectivity index (χ2n) is 7.77. The van der Waals surface area contributed by atoms with Crippen LogP contribution in [0.5, 0.6) is 0 Å². The highest BCUT2D eigenvalue weighted by atomic mass is 79.9. The molecule has 4 rings (SSSR count). The number of amides is 1. The Kier molecular flexibility index (Phi) is 6.43. The second kappa shape index (κ2) is 9.39. The number of hydrogen-bond donors (Lipinski definition) is 1. The molecule has 0 spiro atoms. The first kappa shape index (κ1) is 20.5. The Morgan fingerprint density at radius 3 is 2.47 bits per heavy atom. The molecule has 2 heterocycles. The van der Waals surface area contributed by atoms with Crippen molar-refractivity contribution in [2.24, 2.45) is 5.92 Å². The molecule has 1 aliphatic heterocycles. The summed E-state index contributed by atoms with van der Waals surface area (Å²) in [5, 5.41) is 3.07. The van der Waals surface area contributed by atoms with Crippen LogP contribution in [0.1, 0.15) is 24.0 Å². The predicted molar refractivity (Wildman–Crippen MR) is 123 cm³/mol. The predicted octanol–water partition coefficient (Wildman–Crippen LogP) is 4.75. The van der Waals surface area contributed by atoms with Crippen LogP contribution in [0.25, 0.3) is 11.1 Å². The average Bonchev–Trinajstić information content (AvgIpc) is 2.79. The summed E-state index contributed by atoms with van der Waals surface area (Å²) in [4.78, 5) is 24.0. The maximum atomic E-state index is 12.7. The molecule has 1 aromatic heterocycles. The van der Waals surface area contributed by atoms with Gasteiger partial charge in [-0.25, -0.2) is 9.97 Å². The fourth-order valence-electron chi connectivity index (χ4n) is 3.69. The molecule has 0 unspecified atom stereocenters. The quantitative estimate of drug-likeness (QED) is 0.591. The van der Waals surface area contributed by atoms with Gasteiger partial charge in [0.1, 0.15) is 0 Å². The first-order valence-electron chi connectivity index (χ1n) is 10.2. The minimum Gasteiger partial charge on any atom is -0.352 e. The molecule has 0 radical (unpaired) electrons. The molecule has 30 heavy (non-hydrogen) atoms. The summed E-state index contributed by atoms with van der Waals surface area (Å²) in [6.45, 7) is 4.14. The summed E-state index contributed by atoms with van der Waals surface area (Å²) in [6.07, 6.45) is 5.58. The van der Waals surface area contributed by atoms with Gasteiger partial charge < -0.3 is 10.2 Å². The van der Waals surface area contributed by atoms with E-state index in [0.29, 0.717) is 19.0 Å². The van der Waals surface area contributed by atoms with E-state index in [-0.39, 0.29) is 11.8 Å². The third-order valence-electron chi connectivity index (χ3n) is 5.48. The van der Waals surface area contributed by atoms with Crippen molar-refractivity contribution in [3.05, 3.63) is 76.5 Å². The summed E-state index contributed by atoms with van der Waals surface area (Å²) in [7, 11) is 0. The molecule has 1 aliphatic rings. The van der Waals surface area contributed by atoms with Gasteiger partial charge in [0, 0.05) is 42.1 Å². The zero-order valence-electron chi connectivity index (χ0n) is 17.0. The van der Waals surface area contributed by atoms with Gasteiger partial charge in [0.25, 0.3) is 0 Å². The van der Waals surface area contributed by atoms with E-state index in [1.54, 1.807) is 0 Å². The van der Waals surface area contributed by atoms with Crippen molar-refractivity contribution in [1.29, 1.82) is 0 Å². The Balaban J connectivity index is 1.36. The minimum atomic E-state index is -0.0467. The summed E-state index contributed by atoms with van der Waals surface area (Å²) in [6, 6.07) is 16.3. The summed E-state index contributed by atoms with van der Waals surface area (Å²) in [5.74, 6) is 0.740. The van der Waals surface area contributed by atoms with E-state index in [1.807, 2.05) is 36.7 Å². The van der Waals surface area contributed by atoms with Gasteiger partial charge in [-0.3, -0.25) is 4.79 Å². The molecule has 3 aromatic rings. The van der Waals surface area contributed by atoms with Crippen molar-refractivity contribution in [3.8, 4) is 11.1 Å². The number of nitrogens with one attached hydrogen (secondary N) is 1. The average molecular weight is 465 g/mol. The molecule has 1 amide bonds. The molecule has 0 bridgehead atoms. The SMILES string of the molecule is Cc1ccc(-c2cnc(N3CCC[C@@H](C(=O)NCc4ccc(Br)cc4)C3)nc2)cc1. The lowest BCUT2D eigenvalue weighted by Gasteiger charge is -2.32. The molecule has 1 N–H and O–H groups in total. The number of hydrogen-bond acceptors (Lipinski definition) is 4. The van der Waals surface area contributed by atoms with Crippen molar-refractivity contribution in [1.82, 2.24) is 15.3 Å². The molecule has 1 saturated heterocycles. The van der Waals surface area contributed by atoms with Crippen LogP contribution in [0, 0.1) is 12.8 Å². The van der Waals surface area contributed by atoms with E-state index in [0.717, 1.165) is 40.5 Å². The summed E-state index contributed by atoms with van der Waals surface area (Å²) >= 11 is 3.43. The third-order valence-corrected chi connectivity index (χ3v) is 6.01. The number of rotatable bonds is 5. The molecule has 6 heteroatoms. The fraction of sp³-hybridized carbons (Fsp3) is 0.292. The number of carbonyl (C=O) groups is 1. The highest BCUT2D eigenvalue weighted by Gasteiger charge is 2.27. The van der Waals surface area contributed by atoms with Crippen molar-refractivity contribution in [2.75, 3.05) is 18.0 Å². The molecular weight excluding hydrogens is 440 g/mol. The Labute approximate surface area is 185 Å². The topological polar surface area (TPSA) is 58.1 Å². The van der Waals surface area contributed by atoms with Crippen LogP contribution in [0.15, 0.2) is 65.4 Å². The molecule has 0 aliphatic carbocycles. The zero-order chi connectivity index (χ0) is 20.9. The lowest BCUT2D eigenvalue weighted by molar-refractivity contribution is -0.125. The lowest BCUT2D eigenvalue weighted by Crippen LogP contribution is -2.43. The van der Waals surface area contributed by atoms with E-state index in [1.165, 1.54) is 5.56 Å². The van der Waals surface area contributed by atoms with Crippen LogP contribution in [-0.4, -0.2) is 29.0 Å². The molecule has 1 atom stereocenters. The Morgan fingerprint density at radius 2 is 1.77 bits per heavy atom. The van der Waals surface area contributed by atoms with Gasteiger partial charge in [-0.05, 0) is 43.0 Å². The summed E-state index contributed by atoms with van der Waals surface area (Å²) in [5.41, 5.74) is 4.43. The standard InChI is InChI=1S/C24H25BrN4O/c1-17-4-8-19(9-5-17)21-14-27-24(28-15-21)29-12-2-3-20(16-29)23(30)26-13-18-6-10-22(25)11-7-18/h4-11,14-15,20H,2-3,12-13,16H2,1H3,(H,26,30)/t20-/m1/s1. The van der Waals surface area contributed by atoms with Crippen LogP contribution in [-0.2, 0) is 11.3 Å². The highest BCUT2D eigenvalue weighted by molar-refractivity contribution is 9.10. The number of aryl methyl sites for hydroxylation is 1. The number of halogens is 1. The number of nitrogens with zero attached hydrogens (tertiary/aromatic N) is 3. The molecule has 2 aromatic carbocycles. The Hall–Kier alpha value is -2.73. The highest BCUT2D eigenvalue weighted by Crippen LogP contribution is 2.23. The van der Waals surface area contributed by atoms with Gasteiger partial charge >= 0.3 is 0 Å². The molecular formula is C24H25BrN4O. The number of anilines is 1. The van der Waals surface area contributed by atoms with Crippen molar-refractivity contribution in [2.45, 2.75) is 26.3 Å². The van der Waals surface area contributed by atoms with Crippen molar-refractivity contribution in [3.63, 3.8) is 0 Å². The maximum absolute atomic E-state index is 12.7. The monoisotopic (exact) mass is 464 g/mol.